The van der Waals surface area contributed by atoms with Crippen LogP contribution in [0.2, 0.25) is 0 Å². The number of benzene rings is 2. The van der Waals surface area contributed by atoms with Gasteiger partial charge in [0.15, 0.2) is 11.4 Å². The molecule has 0 spiro atoms. The minimum atomic E-state index is 0.466. The topological polar surface area (TPSA) is 42.0 Å². The van der Waals surface area contributed by atoms with Crippen LogP contribution in [0, 0.1) is 0 Å². The van der Waals surface area contributed by atoms with Crippen LogP contribution >= 0.6 is 11.3 Å². The summed E-state index contributed by atoms with van der Waals surface area (Å²) in [4.78, 5) is 14.9. The number of aldehydes is 1. The Labute approximate surface area is 139 Å². The van der Waals surface area contributed by atoms with Gasteiger partial charge in [-0.2, -0.15) is 0 Å². The maximum atomic E-state index is 10.7. The molecule has 0 saturated carbocycles. The fourth-order valence-corrected chi connectivity index (χ4v) is 2.97. The summed E-state index contributed by atoms with van der Waals surface area (Å²) in [5, 5.41) is 5.74. The molecule has 0 aliphatic heterocycles. The van der Waals surface area contributed by atoms with Crippen molar-refractivity contribution in [2.75, 3.05) is 11.9 Å². The number of carbonyl (C=O) groups is 1. The van der Waals surface area contributed by atoms with Gasteiger partial charge in [-0.25, -0.2) is 4.98 Å². The van der Waals surface area contributed by atoms with Crippen LogP contribution in [-0.2, 0) is 0 Å². The molecule has 0 aliphatic carbocycles. The summed E-state index contributed by atoms with van der Waals surface area (Å²) in [5.41, 5.74) is 3.99. The SMILES string of the molecule is O=Cc1csc(NCC=C(c2ccccc2)c2ccccc2)n1. The van der Waals surface area contributed by atoms with Crippen molar-refractivity contribution in [1.82, 2.24) is 4.98 Å². The lowest BCUT2D eigenvalue weighted by molar-refractivity contribution is 0.111. The summed E-state index contributed by atoms with van der Waals surface area (Å²) < 4.78 is 0. The highest BCUT2D eigenvalue weighted by Crippen LogP contribution is 2.23. The monoisotopic (exact) mass is 320 g/mol. The summed E-state index contributed by atoms with van der Waals surface area (Å²) in [5.74, 6) is 0. The highest BCUT2D eigenvalue weighted by molar-refractivity contribution is 7.13. The molecule has 0 unspecified atom stereocenters. The Morgan fingerprint density at radius 1 is 1.00 bits per heavy atom. The molecule has 1 aromatic heterocycles. The van der Waals surface area contributed by atoms with Crippen LogP contribution in [-0.4, -0.2) is 17.8 Å². The van der Waals surface area contributed by atoms with E-state index in [1.807, 2.05) is 36.4 Å². The van der Waals surface area contributed by atoms with E-state index in [2.05, 4.69) is 40.6 Å². The van der Waals surface area contributed by atoms with E-state index in [-0.39, 0.29) is 0 Å². The van der Waals surface area contributed by atoms with Crippen molar-refractivity contribution in [3.05, 3.63) is 88.9 Å². The van der Waals surface area contributed by atoms with Crippen molar-refractivity contribution in [2.24, 2.45) is 0 Å². The largest absolute Gasteiger partial charge is 0.358 e. The van der Waals surface area contributed by atoms with Gasteiger partial charge in [0, 0.05) is 11.9 Å². The highest BCUT2D eigenvalue weighted by atomic mass is 32.1. The van der Waals surface area contributed by atoms with E-state index in [9.17, 15) is 4.79 Å². The molecule has 114 valence electrons. The third-order valence-electron chi connectivity index (χ3n) is 3.37. The van der Waals surface area contributed by atoms with Crippen molar-refractivity contribution in [1.29, 1.82) is 0 Å². The number of hydrogen-bond acceptors (Lipinski definition) is 4. The van der Waals surface area contributed by atoms with Crippen LogP contribution in [0.5, 0.6) is 0 Å². The van der Waals surface area contributed by atoms with Crippen molar-refractivity contribution >= 4 is 28.3 Å². The second kappa shape index (κ2) is 7.51. The normalized spacial score (nSPS) is 10.1. The van der Waals surface area contributed by atoms with Gasteiger partial charge in [-0.05, 0) is 16.7 Å². The molecule has 1 N–H and O–H groups in total. The molecular formula is C19H16N2OS. The predicted molar refractivity (Wildman–Crippen MR) is 96.0 cm³/mol. The summed E-state index contributed by atoms with van der Waals surface area (Å²) >= 11 is 1.43. The van der Waals surface area contributed by atoms with Crippen LogP contribution in [0.15, 0.2) is 72.1 Å². The molecule has 0 radical (unpaired) electrons. The Morgan fingerprint density at radius 2 is 1.61 bits per heavy atom. The molecule has 0 amide bonds. The number of nitrogens with zero attached hydrogens (tertiary/aromatic N) is 1. The summed E-state index contributed by atoms with van der Waals surface area (Å²) in [6.45, 7) is 0.644. The molecule has 0 saturated heterocycles. The van der Waals surface area contributed by atoms with Crippen LogP contribution in [0.1, 0.15) is 21.6 Å². The third kappa shape index (κ3) is 3.93. The number of thiazole rings is 1. The smallest absolute Gasteiger partial charge is 0.183 e. The van der Waals surface area contributed by atoms with Crippen LogP contribution < -0.4 is 5.32 Å². The van der Waals surface area contributed by atoms with Crippen molar-refractivity contribution in [3.63, 3.8) is 0 Å². The molecule has 3 nitrogen and oxygen atoms in total. The molecule has 0 atom stereocenters. The van der Waals surface area contributed by atoms with Crippen molar-refractivity contribution in [3.8, 4) is 0 Å². The average Bonchev–Trinajstić information content (AvgIpc) is 3.08. The van der Waals surface area contributed by atoms with Crippen molar-refractivity contribution in [2.45, 2.75) is 0 Å². The zero-order chi connectivity index (χ0) is 15.9. The molecular weight excluding hydrogens is 304 g/mol. The van der Waals surface area contributed by atoms with Gasteiger partial charge in [-0.15, -0.1) is 11.3 Å². The number of carbonyl (C=O) groups excluding carboxylic acids is 1. The van der Waals surface area contributed by atoms with Crippen LogP contribution in [0.4, 0.5) is 5.13 Å². The standard InChI is InChI=1S/C19H16N2OS/c22-13-17-14-23-19(21-17)20-12-11-18(15-7-3-1-4-8-15)16-9-5-2-6-10-16/h1-11,13-14H,12H2,(H,20,21). The number of aromatic nitrogens is 1. The first kappa shape index (κ1) is 15.2. The minimum absolute atomic E-state index is 0.466. The number of anilines is 1. The van der Waals surface area contributed by atoms with Gasteiger partial charge >= 0.3 is 0 Å². The summed E-state index contributed by atoms with van der Waals surface area (Å²) in [6, 6.07) is 20.6. The first-order chi connectivity index (χ1) is 11.4. The molecule has 23 heavy (non-hydrogen) atoms. The maximum absolute atomic E-state index is 10.7. The van der Waals surface area contributed by atoms with E-state index in [1.165, 1.54) is 28.0 Å². The summed E-state index contributed by atoms with van der Waals surface area (Å²) in [7, 11) is 0. The predicted octanol–water partition coefficient (Wildman–Crippen LogP) is 4.50. The molecule has 0 fully saturated rings. The first-order valence-electron chi connectivity index (χ1n) is 7.32. The number of rotatable bonds is 6. The van der Waals surface area contributed by atoms with Crippen molar-refractivity contribution < 1.29 is 4.79 Å². The Kier molecular flexibility index (Phi) is 4.96. The Morgan fingerprint density at radius 3 is 2.13 bits per heavy atom. The molecule has 0 bridgehead atoms. The van der Waals surface area contributed by atoms with Gasteiger partial charge in [0.2, 0.25) is 0 Å². The third-order valence-corrected chi connectivity index (χ3v) is 4.19. The van der Waals surface area contributed by atoms with E-state index in [0.29, 0.717) is 12.2 Å². The molecule has 1 heterocycles. The Balaban J connectivity index is 1.82. The second-order valence-electron chi connectivity index (χ2n) is 4.93. The minimum Gasteiger partial charge on any atom is -0.358 e. The van der Waals surface area contributed by atoms with Gasteiger partial charge in [-0.1, -0.05) is 66.7 Å². The highest BCUT2D eigenvalue weighted by Gasteiger charge is 2.04. The zero-order valence-corrected chi connectivity index (χ0v) is 13.3. The molecule has 4 heteroatoms. The van der Waals surface area contributed by atoms with Crippen LogP contribution in [0.3, 0.4) is 0 Å². The quantitative estimate of drug-likeness (QED) is 0.680. The lowest BCUT2D eigenvalue weighted by Gasteiger charge is -2.09. The van der Waals surface area contributed by atoms with E-state index in [1.54, 1.807) is 5.38 Å². The molecule has 0 aliphatic rings. The Hall–Kier alpha value is -2.72. The fourth-order valence-electron chi connectivity index (χ4n) is 2.30. The lowest BCUT2D eigenvalue weighted by atomic mass is 9.98. The molecule has 3 rings (SSSR count). The van der Waals surface area contributed by atoms with Gasteiger partial charge < -0.3 is 5.32 Å². The Bertz CT molecular complexity index is 753. The lowest BCUT2D eigenvalue weighted by Crippen LogP contribution is -2.00. The van der Waals surface area contributed by atoms with Crippen LogP contribution in [0.25, 0.3) is 5.57 Å². The van der Waals surface area contributed by atoms with Gasteiger partial charge in [-0.3, -0.25) is 4.79 Å². The zero-order valence-electron chi connectivity index (χ0n) is 12.5. The average molecular weight is 320 g/mol. The summed E-state index contributed by atoms with van der Waals surface area (Å²) in [6.07, 6.45) is 2.91. The van der Waals surface area contributed by atoms with Gasteiger partial charge in [0.05, 0.1) is 0 Å². The van der Waals surface area contributed by atoms with E-state index in [0.717, 1.165) is 11.4 Å². The fraction of sp³-hybridized carbons (Fsp3) is 0.0526. The number of nitrogens with one attached hydrogen (secondary N) is 1. The van der Waals surface area contributed by atoms with E-state index < -0.39 is 0 Å². The maximum Gasteiger partial charge on any atom is 0.183 e. The second-order valence-corrected chi connectivity index (χ2v) is 5.78. The van der Waals surface area contributed by atoms with Gasteiger partial charge in [0.1, 0.15) is 5.69 Å². The van der Waals surface area contributed by atoms with Gasteiger partial charge in [0.25, 0.3) is 0 Å². The molecule has 2 aromatic carbocycles. The molecule has 3 aromatic rings. The van der Waals surface area contributed by atoms with E-state index >= 15 is 0 Å². The number of hydrogen-bond donors (Lipinski definition) is 1. The van der Waals surface area contributed by atoms with E-state index in [4.69, 9.17) is 0 Å². The first-order valence-corrected chi connectivity index (χ1v) is 8.20.